The van der Waals surface area contributed by atoms with Crippen LogP contribution in [-0.4, -0.2) is 28.6 Å². The number of carbonyl (C=O) groups excluding carboxylic acids is 1. The van der Waals surface area contributed by atoms with Crippen LogP contribution in [0.3, 0.4) is 0 Å². The van der Waals surface area contributed by atoms with E-state index in [4.69, 9.17) is 4.74 Å². The minimum atomic E-state index is -0.523. The summed E-state index contributed by atoms with van der Waals surface area (Å²) < 4.78 is 5.02. The summed E-state index contributed by atoms with van der Waals surface area (Å²) >= 11 is 0. The third-order valence-corrected chi connectivity index (χ3v) is 2.89. The summed E-state index contributed by atoms with van der Waals surface area (Å²) in [7, 11) is 0. The van der Waals surface area contributed by atoms with Crippen molar-refractivity contribution in [2.24, 2.45) is 5.92 Å². The van der Waals surface area contributed by atoms with Crippen LogP contribution >= 0.6 is 0 Å². The van der Waals surface area contributed by atoms with Crippen molar-refractivity contribution in [2.75, 3.05) is 11.5 Å². The molecule has 1 aromatic heterocycles. The van der Waals surface area contributed by atoms with Crippen molar-refractivity contribution in [3.63, 3.8) is 0 Å². The number of cyclic esters (lactones) is 1. The minimum absolute atomic E-state index is 0.0681. The molecule has 1 aliphatic rings. The molecular formula is C12H15N3O4. The molecule has 1 aliphatic heterocycles. The Bertz CT molecular complexity index is 486. The molecule has 2 rings (SSSR count). The predicted octanol–water partition coefficient (Wildman–Crippen LogP) is 2.36. The largest absolute Gasteiger partial charge is 0.447 e. The van der Waals surface area contributed by atoms with E-state index in [9.17, 15) is 14.9 Å². The lowest BCUT2D eigenvalue weighted by Gasteiger charge is -2.21. The van der Waals surface area contributed by atoms with Gasteiger partial charge in [-0.3, -0.25) is 15.0 Å². The van der Waals surface area contributed by atoms with E-state index in [2.05, 4.69) is 18.8 Å². The van der Waals surface area contributed by atoms with Crippen molar-refractivity contribution in [1.82, 2.24) is 4.98 Å². The third-order valence-electron chi connectivity index (χ3n) is 2.89. The number of carbonyl (C=O) groups is 1. The van der Waals surface area contributed by atoms with Gasteiger partial charge in [-0.2, -0.15) is 0 Å². The van der Waals surface area contributed by atoms with Crippen molar-refractivity contribution in [2.45, 2.75) is 26.3 Å². The molecule has 1 fully saturated rings. The van der Waals surface area contributed by atoms with Gasteiger partial charge in [0.15, 0.2) is 0 Å². The summed E-state index contributed by atoms with van der Waals surface area (Å²) in [6.07, 6.45) is 1.49. The van der Waals surface area contributed by atoms with Crippen LogP contribution in [0.15, 0.2) is 18.3 Å². The zero-order valence-corrected chi connectivity index (χ0v) is 10.8. The molecule has 19 heavy (non-hydrogen) atoms. The van der Waals surface area contributed by atoms with Crippen molar-refractivity contribution in [1.29, 1.82) is 0 Å². The standard InChI is InChI=1S/C12H15N3O4/c1-8(2)5-10-7-19-12(16)14(10)11-4-3-9(6-13-11)15(17)18/h3-4,6,8,10H,5,7H2,1-2H3. The van der Waals surface area contributed by atoms with E-state index in [1.54, 1.807) is 0 Å². The van der Waals surface area contributed by atoms with E-state index < -0.39 is 11.0 Å². The van der Waals surface area contributed by atoms with Gasteiger partial charge in [0.25, 0.3) is 5.69 Å². The molecule has 0 aliphatic carbocycles. The van der Waals surface area contributed by atoms with Crippen molar-refractivity contribution < 1.29 is 14.5 Å². The maximum absolute atomic E-state index is 11.7. The van der Waals surface area contributed by atoms with Crippen LogP contribution in [0.5, 0.6) is 0 Å². The fourth-order valence-electron chi connectivity index (χ4n) is 2.09. The second-order valence-corrected chi connectivity index (χ2v) is 4.86. The number of ether oxygens (including phenoxy) is 1. The maximum atomic E-state index is 11.7. The third kappa shape index (κ3) is 2.81. The van der Waals surface area contributed by atoms with E-state index in [1.165, 1.54) is 17.0 Å². The Labute approximate surface area is 110 Å². The smallest absolute Gasteiger partial charge is 0.415 e. The molecule has 1 aromatic rings. The number of amides is 1. The predicted molar refractivity (Wildman–Crippen MR) is 68.0 cm³/mol. The second-order valence-electron chi connectivity index (χ2n) is 4.86. The number of nitrogens with zero attached hydrogens (tertiary/aromatic N) is 3. The van der Waals surface area contributed by atoms with Gasteiger partial charge in [-0.05, 0) is 18.4 Å². The highest BCUT2D eigenvalue weighted by molar-refractivity contribution is 5.89. The van der Waals surface area contributed by atoms with E-state index in [0.29, 0.717) is 18.3 Å². The minimum Gasteiger partial charge on any atom is -0.447 e. The summed E-state index contributed by atoms with van der Waals surface area (Å²) in [4.78, 5) is 27.2. The molecule has 102 valence electrons. The number of hydrogen-bond donors (Lipinski definition) is 0. The molecule has 0 spiro atoms. The monoisotopic (exact) mass is 265 g/mol. The van der Waals surface area contributed by atoms with Crippen LogP contribution in [0.1, 0.15) is 20.3 Å². The quantitative estimate of drug-likeness (QED) is 0.616. The molecule has 0 bridgehead atoms. The molecule has 0 N–H and O–H groups in total. The van der Waals surface area contributed by atoms with E-state index in [1.807, 2.05) is 0 Å². The van der Waals surface area contributed by atoms with Crippen LogP contribution in [0, 0.1) is 16.0 Å². The first-order valence-electron chi connectivity index (χ1n) is 6.05. The Balaban J connectivity index is 2.22. The lowest BCUT2D eigenvalue weighted by molar-refractivity contribution is -0.385. The van der Waals surface area contributed by atoms with E-state index >= 15 is 0 Å². The molecule has 0 saturated carbocycles. The van der Waals surface area contributed by atoms with Crippen LogP contribution in [-0.2, 0) is 4.74 Å². The number of pyridine rings is 1. The van der Waals surface area contributed by atoms with Gasteiger partial charge in [-0.1, -0.05) is 13.8 Å². The van der Waals surface area contributed by atoms with Gasteiger partial charge in [-0.25, -0.2) is 9.78 Å². The Morgan fingerprint density at radius 3 is 2.84 bits per heavy atom. The van der Waals surface area contributed by atoms with Gasteiger partial charge in [0, 0.05) is 6.07 Å². The first kappa shape index (κ1) is 13.3. The lowest BCUT2D eigenvalue weighted by Crippen LogP contribution is -2.35. The second kappa shape index (κ2) is 5.21. The molecule has 0 aromatic carbocycles. The van der Waals surface area contributed by atoms with Gasteiger partial charge in [0.1, 0.15) is 18.6 Å². The summed E-state index contributed by atoms with van der Waals surface area (Å²) in [5.74, 6) is 0.804. The number of anilines is 1. The molecule has 0 radical (unpaired) electrons. The average Bonchev–Trinajstić information content (AvgIpc) is 2.70. The average molecular weight is 265 g/mol. The first-order chi connectivity index (χ1) is 8.99. The molecule has 7 nitrogen and oxygen atoms in total. The molecule has 1 saturated heterocycles. The van der Waals surface area contributed by atoms with Gasteiger partial charge in [0.2, 0.25) is 0 Å². The molecular weight excluding hydrogens is 250 g/mol. The van der Waals surface area contributed by atoms with Crippen LogP contribution in [0.2, 0.25) is 0 Å². The number of hydrogen-bond acceptors (Lipinski definition) is 5. The van der Waals surface area contributed by atoms with Gasteiger partial charge < -0.3 is 4.74 Å². The fraction of sp³-hybridized carbons (Fsp3) is 0.500. The maximum Gasteiger partial charge on any atom is 0.415 e. The Morgan fingerprint density at radius 2 is 2.32 bits per heavy atom. The molecule has 1 atom stereocenters. The highest BCUT2D eigenvalue weighted by Gasteiger charge is 2.35. The zero-order valence-electron chi connectivity index (χ0n) is 10.8. The normalized spacial score (nSPS) is 18.8. The van der Waals surface area contributed by atoms with E-state index in [0.717, 1.165) is 12.6 Å². The summed E-state index contributed by atoms with van der Waals surface area (Å²) in [5.41, 5.74) is -0.100. The highest BCUT2D eigenvalue weighted by atomic mass is 16.6. The summed E-state index contributed by atoms with van der Waals surface area (Å²) in [5, 5.41) is 10.6. The Morgan fingerprint density at radius 1 is 1.58 bits per heavy atom. The molecule has 2 heterocycles. The topological polar surface area (TPSA) is 85.6 Å². The Hall–Kier alpha value is -2.18. The van der Waals surface area contributed by atoms with E-state index in [-0.39, 0.29) is 11.7 Å². The van der Waals surface area contributed by atoms with Crippen LogP contribution < -0.4 is 4.90 Å². The van der Waals surface area contributed by atoms with Gasteiger partial charge >= 0.3 is 6.09 Å². The molecule has 1 amide bonds. The fourth-order valence-corrected chi connectivity index (χ4v) is 2.09. The van der Waals surface area contributed by atoms with Crippen LogP contribution in [0.4, 0.5) is 16.3 Å². The SMILES string of the molecule is CC(C)CC1COC(=O)N1c1ccc([N+](=O)[O-])cn1. The molecule has 1 unspecified atom stereocenters. The van der Waals surface area contributed by atoms with Gasteiger partial charge in [0.05, 0.1) is 11.0 Å². The Kier molecular flexibility index (Phi) is 3.64. The highest BCUT2D eigenvalue weighted by Crippen LogP contribution is 2.26. The van der Waals surface area contributed by atoms with Crippen molar-refractivity contribution in [3.05, 3.63) is 28.4 Å². The zero-order chi connectivity index (χ0) is 14.0. The van der Waals surface area contributed by atoms with Crippen molar-refractivity contribution in [3.8, 4) is 0 Å². The number of nitro groups is 1. The first-order valence-corrected chi connectivity index (χ1v) is 6.05. The van der Waals surface area contributed by atoms with Crippen molar-refractivity contribution >= 4 is 17.6 Å². The molecule has 7 heteroatoms. The lowest BCUT2D eigenvalue weighted by atomic mass is 10.0. The van der Waals surface area contributed by atoms with Crippen LogP contribution in [0.25, 0.3) is 0 Å². The van der Waals surface area contributed by atoms with Gasteiger partial charge in [-0.15, -0.1) is 0 Å². The summed E-state index contributed by atoms with van der Waals surface area (Å²) in [6.45, 7) is 4.45. The summed E-state index contributed by atoms with van der Waals surface area (Å²) in [6, 6.07) is 2.74. The number of aromatic nitrogens is 1. The number of rotatable bonds is 4.